The number of nitro benzene ring substituents is 1. The van der Waals surface area contributed by atoms with E-state index in [1.54, 1.807) is 6.07 Å². The van der Waals surface area contributed by atoms with E-state index in [-0.39, 0.29) is 17.6 Å². The summed E-state index contributed by atoms with van der Waals surface area (Å²) in [5.74, 6) is 0.102. The molecule has 2 atom stereocenters. The lowest BCUT2D eigenvalue weighted by Gasteiger charge is -2.35. The first-order chi connectivity index (χ1) is 9.88. The van der Waals surface area contributed by atoms with Gasteiger partial charge in [0.25, 0.3) is 11.6 Å². The number of rotatable bonds is 3. The van der Waals surface area contributed by atoms with Crippen molar-refractivity contribution in [1.82, 2.24) is 10.2 Å². The zero-order valence-corrected chi connectivity index (χ0v) is 13.6. The molecule has 0 aliphatic carbocycles. The summed E-state index contributed by atoms with van der Waals surface area (Å²) in [6, 6.07) is 4.53. The van der Waals surface area contributed by atoms with Crippen LogP contribution in [0.3, 0.4) is 0 Å². The van der Waals surface area contributed by atoms with E-state index < -0.39 is 4.92 Å². The normalized spacial score (nSPS) is 22.8. The Hall–Kier alpha value is -1.47. The summed E-state index contributed by atoms with van der Waals surface area (Å²) in [4.78, 5) is 24.9. The lowest BCUT2D eigenvalue weighted by molar-refractivity contribution is -0.385. The van der Waals surface area contributed by atoms with Gasteiger partial charge >= 0.3 is 0 Å². The standard InChI is InChI=1S/C14H18BrN3O3/c1-9-8-17(2)6-5-12(9)16-14(19)10-3-4-11(15)13(7-10)18(20)21/h3-4,7,9,12H,5-6,8H2,1-2H3,(H,16,19). The van der Waals surface area contributed by atoms with E-state index in [9.17, 15) is 14.9 Å². The van der Waals surface area contributed by atoms with Gasteiger partial charge in [-0.3, -0.25) is 14.9 Å². The third-order valence-electron chi connectivity index (χ3n) is 3.83. The fourth-order valence-electron chi connectivity index (χ4n) is 2.61. The maximum absolute atomic E-state index is 12.3. The summed E-state index contributed by atoms with van der Waals surface area (Å²) < 4.78 is 0.372. The maximum Gasteiger partial charge on any atom is 0.284 e. The zero-order valence-electron chi connectivity index (χ0n) is 12.0. The minimum absolute atomic E-state index is 0.0981. The first-order valence-electron chi connectivity index (χ1n) is 6.82. The Morgan fingerprint density at radius 2 is 2.24 bits per heavy atom. The van der Waals surface area contributed by atoms with Gasteiger partial charge in [-0.25, -0.2) is 0 Å². The van der Waals surface area contributed by atoms with Gasteiger partial charge in [0.1, 0.15) is 0 Å². The highest BCUT2D eigenvalue weighted by Crippen LogP contribution is 2.26. The molecular weight excluding hydrogens is 338 g/mol. The molecule has 114 valence electrons. The molecule has 1 aromatic rings. The van der Waals surface area contributed by atoms with E-state index in [2.05, 4.69) is 40.1 Å². The van der Waals surface area contributed by atoms with Crippen molar-refractivity contribution in [3.05, 3.63) is 38.3 Å². The predicted octanol–water partition coefficient (Wildman–Crippen LogP) is 2.43. The van der Waals surface area contributed by atoms with Crippen LogP contribution >= 0.6 is 15.9 Å². The molecular formula is C14H18BrN3O3. The van der Waals surface area contributed by atoms with Gasteiger partial charge in [-0.15, -0.1) is 0 Å². The van der Waals surface area contributed by atoms with E-state index in [0.717, 1.165) is 19.5 Å². The van der Waals surface area contributed by atoms with Gasteiger partial charge < -0.3 is 10.2 Å². The maximum atomic E-state index is 12.3. The van der Waals surface area contributed by atoms with Gasteiger partial charge in [0.15, 0.2) is 0 Å². The van der Waals surface area contributed by atoms with Crippen LogP contribution in [0.1, 0.15) is 23.7 Å². The lowest BCUT2D eigenvalue weighted by Crippen LogP contribution is -2.48. The lowest BCUT2D eigenvalue weighted by atomic mass is 9.94. The molecule has 2 unspecified atom stereocenters. The first kappa shape index (κ1) is 15.9. The number of hydrogen-bond acceptors (Lipinski definition) is 4. The Kier molecular flexibility index (Phi) is 4.95. The number of carbonyl (C=O) groups excluding carboxylic acids is 1. The predicted molar refractivity (Wildman–Crippen MR) is 83.3 cm³/mol. The van der Waals surface area contributed by atoms with E-state index in [4.69, 9.17) is 0 Å². The van der Waals surface area contributed by atoms with Crippen LogP contribution in [0.5, 0.6) is 0 Å². The molecule has 1 aliphatic heterocycles. The summed E-state index contributed by atoms with van der Waals surface area (Å²) >= 11 is 3.12. The zero-order chi connectivity index (χ0) is 15.6. The summed E-state index contributed by atoms with van der Waals surface area (Å²) in [6.07, 6.45) is 0.891. The summed E-state index contributed by atoms with van der Waals surface area (Å²) in [5, 5.41) is 13.9. The van der Waals surface area contributed by atoms with Crippen molar-refractivity contribution in [2.45, 2.75) is 19.4 Å². The molecule has 2 rings (SSSR count). The molecule has 1 heterocycles. The summed E-state index contributed by atoms with van der Waals surface area (Å²) in [7, 11) is 2.06. The molecule has 0 aromatic heterocycles. The molecule has 1 amide bonds. The average Bonchev–Trinajstić information content (AvgIpc) is 2.42. The Morgan fingerprint density at radius 3 is 2.86 bits per heavy atom. The van der Waals surface area contributed by atoms with Gasteiger partial charge in [-0.2, -0.15) is 0 Å². The number of carbonyl (C=O) groups is 1. The average molecular weight is 356 g/mol. The second-order valence-corrected chi connectivity index (χ2v) is 6.39. The summed E-state index contributed by atoms with van der Waals surface area (Å²) in [5.41, 5.74) is 0.218. The summed E-state index contributed by atoms with van der Waals surface area (Å²) in [6.45, 7) is 3.98. The topological polar surface area (TPSA) is 75.5 Å². The number of nitrogens with zero attached hydrogens (tertiary/aromatic N) is 2. The Morgan fingerprint density at radius 1 is 1.52 bits per heavy atom. The van der Waals surface area contributed by atoms with Crippen LogP contribution in [0.4, 0.5) is 5.69 Å². The second kappa shape index (κ2) is 6.53. The van der Waals surface area contributed by atoms with Crippen molar-refractivity contribution in [2.75, 3.05) is 20.1 Å². The van der Waals surface area contributed by atoms with Crippen molar-refractivity contribution in [3.8, 4) is 0 Å². The van der Waals surface area contributed by atoms with Crippen molar-refractivity contribution in [2.24, 2.45) is 5.92 Å². The molecule has 1 aliphatic rings. The van der Waals surface area contributed by atoms with E-state index in [1.165, 1.54) is 12.1 Å². The molecule has 1 aromatic carbocycles. The number of nitro groups is 1. The van der Waals surface area contributed by atoms with Crippen LogP contribution < -0.4 is 5.32 Å². The van der Waals surface area contributed by atoms with Crippen molar-refractivity contribution in [1.29, 1.82) is 0 Å². The van der Waals surface area contributed by atoms with Gasteiger partial charge in [0, 0.05) is 24.2 Å². The molecule has 1 fully saturated rings. The van der Waals surface area contributed by atoms with Gasteiger partial charge in [-0.05, 0) is 54.0 Å². The molecule has 1 saturated heterocycles. The Labute approximate surface area is 131 Å². The monoisotopic (exact) mass is 355 g/mol. The number of amides is 1. The fourth-order valence-corrected chi connectivity index (χ4v) is 3.01. The highest BCUT2D eigenvalue weighted by Gasteiger charge is 2.26. The van der Waals surface area contributed by atoms with Crippen LogP contribution in [-0.2, 0) is 0 Å². The number of piperidine rings is 1. The van der Waals surface area contributed by atoms with Crippen LogP contribution in [0.25, 0.3) is 0 Å². The van der Waals surface area contributed by atoms with E-state index in [1.807, 2.05) is 0 Å². The Balaban J connectivity index is 2.10. The highest BCUT2D eigenvalue weighted by atomic mass is 79.9. The number of benzene rings is 1. The highest BCUT2D eigenvalue weighted by molar-refractivity contribution is 9.10. The number of nitrogens with one attached hydrogen (secondary N) is 1. The first-order valence-corrected chi connectivity index (χ1v) is 7.61. The van der Waals surface area contributed by atoms with Crippen LogP contribution in [-0.4, -0.2) is 41.9 Å². The third kappa shape index (κ3) is 3.79. The number of likely N-dealkylation sites (tertiary alicyclic amines) is 1. The molecule has 7 heteroatoms. The van der Waals surface area contributed by atoms with Crippen LogP contribution in [0.2, 0.25) is 0 Å². The van der Waals surface area contributed by atoms with E-state index in [0.29, 0.717) is 16.0 Å². The number of hydrogen-bond donors (Lipinski definition) is 1. The van der Waals surface area contributed by atoms with Gasteiger partial charge in [0.05, 0.1) is 9.40 Å². The molecule has 1 N–H and O–H groups in total. The number of halogens is 1. The molecule has 6 nitrogen and oxygen atoms in total. The molecule has 0 radical (unpaired) electrons. The minimum atomic E-state index is -0.501. The van der Waals surface area contributed by atoms with Crippen molar-refractivity contribution < 1.29 is 9.72 Å². The molecule has 0 spiro atoms. The quantitative estimate of drug-likeness (QED) is 0.667. The smallest absolute Gasteiger partial charge is 0.284 e. The van der Waals surface area contributed by atoms with Crippen molar-refractivity contribution in [3.63, 3.8) is 0 Å². The minimum Gasteiger partial charge on any atom is -0.349 e. The molecule has 0 saturated carbocycles. The SMILES string of the molecule is CC1CN(C)CCC1NC(=O)c1ccc(Br)c([N+](=O)[O-])c1. The largest absolute Gasteiger partial charge is 0.349 e. The third-order valence-corrected chi connectivity index (χ3v) is 4.50. The van der Waals surface area contributed by atoms with Crippen molar-refractivity contribution >= 4 is 27.5 Å². The molecule has 0 bridgehead atoms. The molecule has 21 heavy (non-hydrogen) atoms. The Bertz CT molecular complexity index is 564. The van der Waals surface area contributed by atoms with Crippen LogP contribution in [0.15, 0.2) is 22.7 Å². The fraction of sp³-hybridized carbons (Fsp3) is 0.500. The van der Waals surface area contributed by atoms with Gasteiger partial charge in [-0.1, -0.05) is 6.92 Å². The van der Waals surface area contributed by atoms with E-state index >= 15 is 0 Å². The van der Waals surface area contributed by atoms with Crippen LogP contribution in [0, 0.1) is 16.0 Å². The van der Waals surface area contributed by atoms with Gasteiger partial charge in [0.2, 0.25) is 0 Å². The second-order valence-electron chi connectivity index (χ2n) is 5.53.